The maximum Gasteiger partial charge on any atom is 0.451 e. The number of nitrogens with zero attached hydrogens (tertiary/aromatic N) is 11. The van der Waals surface area contributed by atoms with Gasteiger partial charge >= 0.3 is 24.7 Å². The van der Waals surface area contributed by atoms with Crippen LogP contribution in [-0.4, -0.2) is 150 Å². The molecular formula is C73H60F21N11O10S3. The summed E-state index contributed by atoms with van der Waals surface area (Å²) in [5, 5.41) is -0.382. The van der Waals surface area contributed by atoms with Crippen molar-refractivity contribution >= 4 is 58.4 Å². The highest BCUT2D eigenvalue weighted by Gasteiger charge is 2.53. The monoisotopic (exact) mass is 1750 g/mol. The molecule has 13 rings (SSSR count). The molecule has 0 amide bonds. The fourth-order valence-corrected chi connectivity index (χ4v) is 18.8. The molecule has 0 bridgehead atoms. The predicted octanol–water partition coefficient (Wildman–Crippen LogP) is 15.2. The van der Waals surface area contributed by atoms with Gasteiger partial charge in [0.05, 0.1) is 63.5 Å². The molecule has 9 heterocycles. The number of pyridine rings is 2. The van der Waals surface area contributed by atoms with E-state index in [0.29, 0.717) is 64.3 Å². The second-order valence-corrected chi connectivity index (χ2v) is 33.1. The Bertz CT molecular complexity index is 5650. The fourth-order valence-electron chi connectivity index (χ4n) is 13.3. The summed E-state index contributed by atoms with van der Waals surface area (Å²) in [4.78, 5) is 65.8. The lowest BCUT2D eigenvalue weighted by molar-refractivity contribution is -0.145. The Kier molecular flexibility index (Phi) is 25.6. The van der Waals surface area contributed by atoms with E-state index in [9.17, 15) is 132 Å². The van der Waals surface area contributed by atoms with Crippen molar-refractivity contribution in [3.8, 4) is 22.4 Å². The number of carbonyl (C=O) groups is 3. The van der Waals surface area contributed by atoms with E-state index in [0.717, 1.165) is 72.3 Å². The van der Waals surface area contributed by atoms with Crippen LogP contribution in [0.2, 0.25) is 0 Å². The van der Waals surface area contributed by atoms with Crippen molar-refractivity contribution in [1.29, 1.82) is 0 Å². The number of aryl methyl sites for hydroxylation is 3. The SMILES string of the molecule is C[C@H]1[C@H](F)C[C@@H](C(=O)CCc2cc(-c3cnc(C(F)(F)F)nc3)c(F)cn2)N1S(=O)(=O)c1ccc(F)c(F)c1.C[C@H]1[C@H](F)C[C@@H](C(=O)CCc2cc(-c3cnc(C(F)(F)F)nc3)ncc2C(F)(F)F)N1S(=O)(=O)c1ccc(F)c(F)c1.C[C@H]1[C@H](F)C[C@@H](C(=O)CCc2cc(C(F)(F)F)nc(C3CC3)n2)N1S(=O)(=O)c1cc2cc(F)ccc2o1. The molecule has 9 atom stereocenters. The van der Waals surface area contributed by atoms with E-state index < -0.39 is 237 Å². The standard InChI is InChI=1S/C25H19F9N4O3S.C24H19F7N4O3S.C24H22F5N3O4S/c1-12-18(27)8-21(38(12)42(40,41)15-3-4-17(26)19(28)7-15)22(39)5-2-13-6-20(35-11-16(13)24(29,30)31)14-9-36-23(37-10-14)25(32,33)34;1-12-18(26)8-21(35(12)39(37,38)15-3-4-17(25)19(27)7-15)22(36)5-2-14-6-16(20(28)11-32-14)13-9-33-23(34-10-13)24(29,30)31;1-12-17(26)11-18(32(12)37(34,35)22-9-14-8-15(25)4-7-20(14)36-22)19(33)6-5-16-10-21(24(27,28)29)31-23(30-16)13-2-3-13/h3-4,6-7,9-12,18,21H,2,5,8H2,1H3;3-4,6-7,9-12,18,21H,2,5,8H2,1H3;4,7-10,12-13,17-18H,2-3,5-6,11H2,1H3/t2*12-,18+,21-;12-,17+,18-/m000/s1. The minimum atomic E-state index is -4.95. The number of benzene rings is 3. The molecule has 118 heavy (non-hydrogen) atoms. The molecule has 45 heteroatoms. The number of rotatable bonds is 21. The van der Waals surface area contributed by atoms with Gasteiger partial charge in [-0.1, -0.05) is 0 Å². The van der Waals surface area contributed by atoms with Crippen LogP contribution in [-0.2, 0) is 88.4 Å². The molecule has 0 radical (unpaired) electrons. The quantitative estimate of drug-likeness (QED) is 0.0604. The Labute approximate surface area is 655 Å². The summed E-state index contributed by atoms with van der Waals surface area (Å²) in [6.45, 7) is 3.72. The molecule has 1 aliphatic carbocycles. The molecule has 4 aliphatic rings. The zero-order valence-corrected chi connectivity index (χ0v) is 63.1. The zero-order chi connectivity index (χ0) is 86.6. The molecule has 3 aromatic carbocycles. The van der Waals surface area contributed by atoms with Crippen molar-refractivity contribution in [1.82, 2.24) is 52.8 Å². The van der Waals surface area contributed by atoms with Gasteiger partial charge < -0.3 is 4.42 Å². The Morgan fingerprint density at radius 3 is 1.36 bits per heavy atom. The van der Waals surface area contributed by atoms with Crippen LogP contribution >= 0.6 is 0 Å². The maximum absolute atomic E-state index is 14.7. The summed E-state index contributed by atoms with van der Waals surface area (Å²) in [6.07, 6.45) is -22.8. The predicted molar refractivity (Wildman–Crippen MR) is 369 cm³/mol. The van der Waals surface area contributed by atoms with Gasteiger partial charge in [-0.15, -0.1) is 0 Å². The Morgan fingerprint density at radius 1 is 0.449 bits per heavy atom. The Morgan fingerprint density at radius 2 is 0.907 bits per heavy atom. The summed E-state index contributed by atoms with van der Waals surface area (Å²) in [7, 11) is -13.8. The first-order valence-corrected chi connectivity index (χ1v) is 39.4. The molecule has 0 spiro atoms. The van der Waals surface area contributed by atoms with Gasteiger partial charge in [0.2, 0.25) is 36.8 Å². The average molecular weight is 1750 g/mol. The molecule has 0 unspecified atom stereocenters. The third kappa shape index (κ3) is 19.5. The highest BCUT2D eigenvalue weighted by molar-refractivity contribution is 7.89. The maximum atomic E-state index is 14.7. The number of carbonyl (C=O) groups excluding carboxylic acids is 3. The largest absolute Gasteiger partial charge is 0.451 e. The van der Waals surface area contributed by atoms with Gasteiger partial charge in [-0.3, -0.25) is 24.4 Å². The van der Waals surface area contributed by atoms with Gasteiger partial charge in [0.1, 0.15) is 47.3 Å². The second-order valence-electron chi connectivity index (χ2n) is 27.7. The minimum absolute atomic E-state index is 0.00846. The normalized spacial score (nSPS) is 21.2. The van der Waals surface area contributed by atoms with Gasteiger partial charge in [-0.05, 0) is 131 Å². The van der Waals surface area contributed by atoms with Gasteiger partial charge in [-0.2, -0.15) is 65.6 Å². The Balaban J connectivity index is 0.000000174. The van der Waals surface area contributed by atoms with Crippen molar-refractivity contribution in [2.24, 2.45) is 0 Å². The van der Waals surface area contributed by atoms with E-state index in [1.807, 2.05) is 0 Å². The number of halogens is 21. The lowest BCUT2D eigenvalue weighted by Gasteiger charge is -2.27. The Hall–Kier alpha value is -9.99. The molecule has 632 valence electrons. The number of aromatic nitrogens is 8. The van der Waals surface area contributed by atoms with Gasteiger partial charge in [-0.25, -0.2) is 94.7 Å². The first-order chi connectivity index (χ1) is 54.9. The van der Waals surface area contributed by atoms with Crippen LogP contribution in [0.1, 0.15) is 124 Å². The van der Waals surface area contributed by atoms with Crippen LogP contribution in [0.5, 0.6) is 0 Å². The highest BCUT2D eigenvalue weighted by Crippen LogP contribution is 2.43. The number of Topliss-reactive ketones (excluding diaryl/α,β-unsaturated/α-hetero) is 3. The average Bonchev–Trinajstić information content (AvgIpc) is 1.61. The number of alkyl halides is 15. The van der Waals surface area contributed by atoms with Crippen LogP contribution < -0.4 is 0 Å². The number of hydrogen-bond donors (Lipinski definition) is 0. The lowest BCUT2D eigenvalue weighted by Crippen LogP contribution is -2.44. The number of furan rings is 1. The van der Waals surface area contributed by atoms with E-state index in [4.69, 9.17) is 4.42 Å². The van der Waals surface area contributed by atoms with Crippen LogP contribution in [0.3, 0.4) is 0 Å². The van der Waals surface area contributed by atoms with Gasteiger partial charge in [0, 0.05) is 115 Å². The van der Waals surface area contributed by atoms with Gasteiger partial charge in [0.25, 0.3) is 10.0 Å². The third-order valence-electron chi connectivity index (χ3n) is 19.6. The van der Waals surface area contributed by atoms with Crippen LogP contribution in [0.4, 0.5) is 92.2 Å². The molecule has 0 N–H and O–H groups in total. The van der Waals surface area contributed by atoms with Crippen molar-refractivity contribution in [3.05, 3.63) is 197 Å². The minimum Gasteiger partial charge on any atom is -0.443 e. The number of fused-ring (bicyclic) bond motifs is 1. The van der Waals surface area contributed by atoms with Gasteiger partial charge in [0.15, 0.2) is 40.6 Å². The number of ketones is 3. The first kappa shape index (κ1) is 88.8. The molecule has 3 saturated heterocycles. The summed E-state index contributed by atoms with van der Waals surface area (Å²) in [5.41, 5.74) is -3.27. The topological polar surface area (TPSA) is 280 Å². The summed E-state index contributed by atoms with van der Waals surface area (Å²) in [5.74, 6) is -12.3. The molecule has 6 aromatic heterocycles. The molecule has 3 aliphatic heterocycles. The summed E-state index contributed by atoms with van der Waals surface area (Å²) < 4.78 is 370. The van der Waals surface area contributed by atoms with Crippen LogP contribution in [0.25, 0.3) is 33.4 Å². The van der Waals surface area contributed by atoms with Crippen molar-refractivity contribution in [2.75, 3.05) is 0 Å². The molecule has 1 saturated carbocycles. The number of hydrogen-bond acceptors (Lipinski definition) is 18. The van der Waals surface area contributed by atoms with E-state index in [2.05, 4.69) is 39.9 Å². The highest BCUT2D eigenvalue weighted by atomic mass is 32.2. The fraction of sp³-hybridized carbons (Fsp3) is 0.384. The summed E-state index contributed by atoms with van der Waals surface area (Å²) >= 11 is 0. The van der Waals surface area contributed by atoms with Crippen molar-refractivity contribution < 1.29 is 136 Å². The van der Waals surface area contributed by atoms with E-state index in [1.54, 1.807) is 0 Å². The summed E-state index contributed by atoms with van der Waals surface area (Å²) in [6, 6.07) is 2.49. The molecule has 9 aromatic rings. The first-order valence-electron chi connectivity index (χ1n) is 35.1. The van der Waals surface area contributed by atoms with Crippen molar-refractivity contribution in [2.45, 2.75) is 192 Å². The molecule has 4 fully saturated rings. The van der Waals surface area contributed by atoms with E-state index in [-0.39, 0.29) is 82.2 Å². The van der Waals surface area contributed by atoms with Crippen molar-refractivity contribution in [3.63, 3.8) is 0 Å². The lowest BCUT2D eigenvalue weighted by atomic mass is 9.98. The number of sulfonamides is 3. The molecular weight excluding hydrogens is 1690 g/mol. The smallest absolute Gasteiger partial charge is 0.443 e. The molecule has 21 nitrogen and oxygen atoms in total. The van der Waals surface area contributed by atoms with Crippen LogP contribution in [0, 0.1) is 34.9 Å². The zero-order valence-electron chi connectivity index (χ0n) is 60.7. The second kappa shape index (κ2) is 34.0. The van der Waals surface area contributed by atoms with E-state index in [1.165, 1.54) is 26.0 Å². The third-order valence-corrected chi connectivity index (χ3v) is 25.5. The van der Waals surface area contributed by atoms with E-state index >= 15 is 0 Å². The van der Waals surface area contributed by atoms with Crippen LogP contribution in [0.15, 0.2) is 135 Å².